The molecular formula is C14H27NO3. The van der Waals surface area contributed by atoms with Crippen LogP contribution in [0.25, 0.3) is 0 Å². The van der Waals surface area contributed by atoms with Gasteiger partial charge >= 0.3 is 5.97 Å². The van der Waals surface area contributed by atoms with Crippen molar-refractivity contribution in [3.8, 4) is 0 Å². The molecule has 18 heavy (non-hydrogen) atoms. The van der Waals surface area contributed by atoms with E-state index in [4.69, 9.17) is 4.74 Å². The van der Waals surface area contributed by atoms with E-state index in [2.05, 4.69) is 6.92 Å². The van der Waals surface area contributed by atoms with Crippen LogP contribution in [0.1, 0.15) is 59.3 Å². The molecule has 0 radical (unpaired) electrons. The number of carbonyl (C=O) groups is 2. The number of amides is 1. The molecule has 0 spiro atoms. The minimum absolute atomic E-state index is 0.151. The number of hydrogen-bond donors (Lipinski definition) is 0. The van der Waals surface area contributed by atoms with Crippen LogP contribution in [0.3, 0.4) is 0 Å². The van der Waals surface area contributed by atoms with Gasteiger partial charge in [-0.25, -0.2) is 0 Å². The first-order valence-electron chi connectivity index (χ1n) is 7.09. The number of nitrogens with zero attached hydrogens (tertiary/aromatic N) is 1. The summed E-state index contributed by atoms with van der Waals surface area (Å²) in [5, 5.41) is 0. The van der Waals surface area contributed by atoms with Crippen molar-refractivity contribution < 1.29 is 14.3 Å². The average molecular weight is 257 g/mol. The standard InChI is InChI=1S/C14H27NO3/c1-4-7-8-11-15(13(16)9-5-2)12-10-14(17)18-6-3/h4-12H2,1-3H3. The SMILES string of the molecule is CCCCCN(CCC(=O)OCC)C(=O)CCC. The van der Waals surface area contributed by atoms with E-state index in [0.717, 1.165) is 32.2 Å². The lowest BCUT2D eigenvalue weighted by Gasteiger charge is -2.22. The monoisotopic (exact) mass is 257 g/mol. The lowest BCUT2D eigenvalue weighted by Crippen LogP contribution is -2.34. The van der Waals surface area contributed by atoms with Crippen molar-refractivity contribution in [2.45, 2.75) is 59.3 Å². The summed E-state index contributed by atoms with van der Waals surface area (Å²) in [6, 6.07) is 0. The first-order chi connectivity index (χ1) is 8.65. The van der Waals surface area contributed by atoms with Crippen LogP contribution in [0.2, 0.25) is 0 Å². The second-order valence-electron chi connectivity index (χ2n) is 4.39. The predicted octanol–water partition coefficient (Wildman–Crippen LogP) is 2.76. The Labute approximate surface area is 111 Å². The lowest BCUT2D eigenvalue weighted by atomic mass is 10.2. The summed E-state index contributed by atoms with van der Waals surface area (Å²) in [7, 11) is 0. The molecule has 0 fully saturated rings. The molecule has 0 saturated carbocycles. The fourth-order valence-electron chi connectivity index (χ4n) is 1.75. The molecule has 0 aliphatic heterocycles. The van der Waals surface area contributed by atoms with Gasteiger partial charge in [-0.1, -0.05) is 26.7 Å². The molecule has 0 heterocycles. The third-order valence-corrected chi connectivity index (χ3v) is 2.74. The fourth-order valence-corrected chi connectivity index (χ4v) is 1.75. The summed E-state index contributed by atoms with van der Waals surface area (Å²) < 4.78 is 4.88. The lowest BCUT2D eigenvalue weighted by molar-refractivity contribution is -0.144. The van der Waals surface area contributed by atoms with Crippen LogP contribution in [-0.2, 0) is 14.3 Å². The van der Waals surface area contributed by atoms with Gasteiger partial charge in [0.1, 0.15) is 0 Å². The Kier molecular flexibility index (Phi) is 10.4. The van der Waals surface area contributed by atoms with E-state index in [-0.39, 0.29) is 11.9 Å². The third kappa shape index (κ3) is 8.09. The van der Waals surface area contributed by atoms with Gasteiger partial charge in [0, 0.05) is 19.5 Å². The highest BCUT2D eigenvalue weighted by atomic mass is 16.5. The van der Waals surface area contributed by atoms with Crippen LogP contribution in [0, 0.1) is 0 Å². The molecule has 106 valence electrons. The first kappa shape index (κ1) is 16.9. The van der Waals surface area contributed by atoms with E-state index in [1.807, 2.05) is 6.92 Å². The number of ether oxygens (including phenoxy) is 1. The maximum Gasteiger partial charge on any atom is 0.307 e. The Morgan fingerprint density at radius 1 is 0.944 bits per heavy atom. The smallest absolute Gasteiger partial charge is 0.307 e. The molecule has 0 aromatic carbocycles. The van der Waals surface area contributed by atoms with Crippen LogP contribution in [0.15, 0.2) is 0 Å². The molecular weight excluding hydrogens is 230 g/mol. The van der Waals surface area contributed by atoms with Crippen molar-refractivity contribution in [3.63, 3.8) is 0 Å². The Bertz CT molecular complexity index is 241. The van der Waals surface area contributed by atoms with E-state index < -0.39 is 0 Å². The molecule has 1 amide bonds. The van der Waals surface area contributed by atoms with Crippen LogP contribution < -0.4 is 0 Å². The van der Waals surface area contributed by atoms with Crippen molar-refractivity contribution in [2.24, 2.45) is 0 Å². The molecule has 4 nitrogen and oxygen atoms in total. The molecule has 0 N–H and O–H groups in total. The van der Waals surface area contributed by atoms with E-state index >= 15 is 0 Å². The minimum Gasteiger partial charge on any atom is -0.466 e. The zero-order valence-electron chi connectivity index (χ0n) is 12.0. The van der Waals surface area contributed by atoms with Gasteiger partial charge < -0.3 is 9.64 Å². The van der Waals surface area contributed by atoms with Crippen LogP contribution in [0.4, 0.5) is 0 Å². The van der Waals surface area contributed by atoms with Crippen molar-refractivity contribution in [2.75, 3.05) is 19.7 Å². The van der Waals surface area contributed by atoms with E-state index in [0.29, 0.717) is 26.0 Å². The highest BCUT2D eigenvalue weighted by Gasteiger charge is 2.14. The van der Waals surface area contributed by atoms with Gasteiger partial charge in [0.25, 0.3) is 0 Å². The summed E-state index contributed by atoms with van der Waals surface area (Å²) in [4.78, 5) is 25.0. The highest BCUT2D eigenvalue weighted by molar-refractivity contribution is 5.77. The average Bonchev–Trinajstić information content (AvgIpc) is 2.34. The van der Waals surface area contributed by atoms with Gasteiger partial charge in [-0.15, -0.1) is 0 Å². The van der Waals surface area contributed by atoms with Crippen LogP contribution in [-0.4, -0.2) is 36.5 Å². The Morgan fingerprint density at radius 3 is 2.22 bits per heavy atom. The number of esters is 1. The third-order valence-electron chi connectivity index (χ3n) is 2.74. The molecule has 0 saturated heterocycles. The molecule has 0 aromatic rings. The summed E-state index contributed by atoms with van der Waals surface area (Å²) in [6.07, 6.45) is 4.98. The molecule has 4 heteroatoms. The maximum atomic E-state index is 11.9. The minimum atomic E-state index is -0.220. The second kappa shape index (κ2) is 11.1. The van der Waals surface area contributed by atoms with Crippen LogP contribution >= 0.6 is 0 Å². The Hall–Kier alpha value is -1.06. The van der Waals surface area contributed by atoms with E-state index in [9.17, 15) is 9.59 Å². The van der Waals surface area contributed by atoms with Crippen molar-refractivity contribution in [1.29, 1.82) is 0 Å². The molecule has 0 aliphatic rings. The summed E-state index contributed by atoms with van der Waals surface area (Å²) in [5.41, 5.74) is 0. The predicted molar refractivity (Wildman–Crippen MR) is 72.3 cm³/mol. The Morgan fingerprint density at radius 2 is 1.67 bits per heavy atom. The number of rotatable bonds is 10. The highest BCUT2D eigenvalue weighted by Crippen LogP contribution is 2.04. The van der Waals surface area contributed by atoms with Gasteiger partial charge in [0.05, 0.1) is 13.0 Å². The summed E-state index contributed by atoms with van der Waals surface area (Å²) in [6.45, 7) is 7.56. The van der Waals surface area contributed by atoms with E-state index in [1.54, 1.807) is 11.8 Å². The van der Waals surface area contributed by atoms with Crippen molar-refractivity contribution in [1.82, 2.24) is 4.90 Å². The molecule has 0 unspecified atom stereocenters. The molecule has 0 bridgehead atoms. The maximum absolute atomic E-state index is 11.9. The summed E-state index contributed by atoms with van der Waals surface area (Å²) in [5.74, 6) is -0.0693. The van der Waals surface area contributed by atoms with E-state index in [1.165, 1.54) is 0 Å². The number of unbranched alkanes of at least 4 members (excludes halogenated alkanes) is 2. The first-order valence-corrected chi connectivity index (χ1v) is 7.09. The van der Waals surface area contributed by atoms with Crippen molar-refractivity contribution in [3.05, 3.63) is 0 Å². The summed E-state index contributed by atoms with van der Waals surface area (Å²) >= 11 is 0. The van der Waals surface area contributed by atoms with Gasteiger partial charge in [-0.05, 0) is 19.8 Å². The van der Waals surface area contributed by atoms with Gasteiger partial charge in [0.15, 0.2) is 0 Å². The normalized spacial score (nSPS) is 10.2. The van der Waals surface area contributed by atoms with Crippen molar-refractivity contribution >= 4 is 11.9 Å². The van der Waals surface area contributed by atoms with Gasteiger partial charge in [0.2, 0.25) is 5.91 Å². The molecule has 0 aliphatic carbocycles. The molecule has 0 rings (SSSR count). The zero-order chi connectivity index (χ0) is 13.8. The second-order valence-corrected chi connectivity index (χ2v) is 4.39. The topological polar surface area (TPSA) is 46.6 Å². The number of carbonyl (C=O) groups excluding carboxylic acids is 2. The van der Waals surface area contributed by atoms with Gasteiger partial charge in [-0.3, -0.25) is 9.59 Å². The Balaban J connectivity index is 4.10. The molecule has 0 aromatic heterocycles. The number of hydrogen-bond acceptors (Lipinski definition) is 3. The van der Waals surface area contributed by atoms with Gasteiger partial charge in [-0.2, -0.15) is 0 Å². The zero-order valence-corrected chi connectivity index (χ0v) is 12.0. The quantitative estimate of drug-likeness (QED) is 0.446. The largest absolute Gasteiger partial charge is 0.466 e. The van der Waals surface area contributed by atoms with Crippen LogP contribution in [0.5, 0.6) is 0 Å². The molecule has 0 atom stereocenters. The fraction of sp³-hybridized carbons (Fsp3) is 0.857.